The molecule has 2 aliphatic carbocycles. The number of likely N-dealkylation sites (tertiary alicyclic amines) is 1. The minimum atomic E-state index is -0.769. The Balaban J connectivity index is 1.58. The van der Waals surface area contributed by atoms with Gasteiger partial charge >= 0.3 is 6.16 Å². The van der Waals surface area contributed by atoms with Gasteiger partial charge in [0.15, 0.2) is 23.7 Å². The summed E-state index contributed by atoms with van der Waals surface area (Å²) in [6.45, 7) is 3.79. The van der Waals surface area contributed by atoms with Crippen molar-refractivity contribution < 1.29 is 23.7 Å². The number of nitrogens with zero attached hydrogens (tertiary/aromatic N) is 1. The quantitative estimate of drug-likeness (QED) is 0.292. The number of carbonyl (C=O) groups excluding carboxylic acids is 1. The van der Waals surface area contributed by atoms with Gasteiger partial charge in [-0.25, -0.2) is 4.79 Å². The van der Waals surface area contributed by atoms with Crippen LogP contribution in [0.3, 0.4) is 0 Å². The number of hydrogen-bond acceptors (Lipinski definition) is 6. The Kier molecular flexibility index (Phi) is 5.10. The summed E-state index contributed by atoms with van der Waals surface area (Å²) < 4.78 is 23.2. The second-order valence-electron chi connectivity index (χ2n) is 8.71. The predicted octanol–water partition coefficient (Wildman–Crippen LogP) is 4.03. The molecule has 0 amide bonds. The molecule has 1 fully saturated rings. The molecule has 162 valence electrons. The van der Waals surface area contributed by atoms with E-state index in [0.29, 0.717) is 18.6 Å². The molecule has 2 aliphatic heterocycles. The van der Waals surface area contributed by atoms with Gasteiger partial charge in [0.2, 0.25) is 0 Å². The Bertz CT molecular complexity index is 873. The molecule has 7 heteroatoms. The van der Waals surface area contributed by atoms with Gasteiger partial charge in [-0.3, -0.25) is 0 Å². The summed E-state index contributed by atoms with van der Waals surface area (Å²) in [6, 6.07) is 4.41. The van der Waals surface area contributed by atoms with Crippen LogP contribution in [0, 0.1) is 5.92 Å². The zero-order valence-electron chi connectivity index (χ0n) is 17.4. The van der Waals surface area contributed by atoms with Gasteiger partial charge in [-0.2, -0.15) is 0 Å². The monoisotopic (exact) mass is 433 g/mol. The standard InChI is InChI=1S/C23H28ClNO5/c1-3-4-11-27-17-7-5-14-12-16-15-6-8-18(29-22(26)28-13-24)21-23(15,9-10-25(16)2)19(14)20(17)30-21/h5-8,15-16,18,21H,3-4,9-13H2,1-2H3/t15-,16+,18-,21-,23-/m0/s1. The van der Waals surface area contributed by atoms with Crippen molar-refractivity contribution >= 4 is 17.8 Å². The molecule has 2 heterocycles. The van der Waals surface area contributed by atoms with Gasteiger partial charge in [-0.05, 0) is 50.6 Å². The van der Waals surface area contributed by atoms with E-state index >= 15 is 0 Å². The summed E-state index contributed by atoms with van der Waals surface area (Å²) >= 11 is 5.54. The molecule has 0 radical (unpaired) electrons. The molecule has 1 aromatic rings. The van der Waals surface area contributed by atoms with Gasteiger partial charge in [-0.1, -0.05) is 37.1 Å². The van der Waals surface area contributed by atoms with Crippen molar-refractivity contribution in [1.82, 2.24) is 4.90 Å². The molecule has 6 nitrogen and oxygen atoms in total. The molecule has 0 aromatic heterocycles. The van der Waals surface area contributed by atoms with Gasteiger partial charge in [0, 0.05) is 22.9 Å². The minimum absolute atomic E-state index is 0.217. The molecule has 0 saturated carbocycles. The van der Waals surface area contributed by atoms with Crippen molar-refractivity contribution in [3.8, 4) is 11.5 Å². The number of halogens is 1. The molecule has 0 unspecified atom stereocenters. The van der Waals surface area contributed by atoms with Crippen LogP contribution in [0.1, 0.15) is 37.3 Å². The van der Waals surface area contributed by atoms with E-state index in [-0.39, 0.29) is 17.6 Å². The molecule has 5 rings (SSSR count). The van der Waals surface area contributed by atoms with Gasteiger partial charge in [0.25, 0.3) is 0 Å². The zero-order chi connectivity index (χ0) is 20.9. The topological polar surface area (TPSA) is 57.2 Å². The Morgan fingerprint density at radius 3 is 3.03 bits per heavy atom. The molecule has 2 bridgehead atoms. The van der Waals surface area contributed by atoms with Crippen LogP contribution >= 0.6 is 11.6 Å². The SMILES string of the molecule is CCCCOc1ccc2c3c1O[C@H]1[C@@H](OC(=O)OCCl)C=C[C@H]4[C@@H](C2)N(C)CC[C@@]341. The van der Waals surface area contributed by atoms with Crippen molar-refractivity contribution in [1.29, 1.82) is 0 Å². The van der Waals surface area contributed by atoms with Crippen molar-refractivity contribution in [3.63, 3.8) is 0 Å². The second kappa shape index (κ2) is 7.65. The first-order valence-corrected chi connectivity index (χ1v) is 11.4. The van der Waals surface area contributed by atoms with E-state index in [1.165, 1.54) is 11.1 Å². The molecule has 30 heavy (non-hydrogen) atoms. The number of carbonyl (C=O) groups is 1. The third kappa shape index (κ3) is 2.83. The Labute approximate surface area is 182 Å². The summed E-state index contributed by atoms with van der Waals surface area (Å²) in [4.78, 5) is 14.5. The first-order chi connectivity index (χ1) is 14.6. The minimum Gasteiger partial charge on any atom is -0.490 e. The van der Waals surface area contributed by atoms with Gasteiger partial charge in [-0.15, -0.1) is 0 Å². The highest BCUT2D eigenvalue weighted by atomic mass is 35.5. The molecule has 4 aliphatic rings. The molecular formula is C23H28ClNO5. The average molecular weight is 434 g/mol. The first-order valence-electron chi connectivity index (χ1n) is 10.8. The third-order valence-corrected chi connectivity index (χ3v) is 7.38. The van der Waals surface area contributed by atoms with E-state index in [1.807, 2.05) is 12.1 Å². The van der Waals surface area contributed by atoms with E-state index in [2.05, 4.69) is 31.0 Å². The summed E-state index contributed by atoms with van der Waals surface area (Å²) in [5.74, 6) is 1.94. The lowest BCUT2D eigenvalue weighted by atomic mass is 9.53. The van der Waals surface area contributed by atoms with Crippen LogP contribution in [-0.4, -0.2) is 55.6 Å². The van der Waals surface area contributed by atoms with Crippen LogP contribution < -0.4 is 9.47 Å². The number of rotatable bonds is 6. The first kappa shape index (κ1) is 20.0. The average Bonchev–Trinajstić information content (AvgIpc) is 3.08. The van der Waals surface area contributed by atoms with E-state index in [0.717, 1.165) is 43.7 Å². The van der Waals surface area contributed by atoms with E-state index in [1.54, 1.807) is 0 Å². The number of likely N-dealkylation sites (N-methyl/N-ethyl adjacent to an activating group) is 1. The van der Waals surface area contributed by atoms with Gasteiger partial charge < -0.3 is 23.8 Å². The Morgan fingerprint density at radius 1 is 1.37 bits per heavy atom. The summed E-state index contributed by atoms with van der Waals surface area (Å²) in [7, 11) is 2.20. The lowest BCUT2D eigenvalue weighted by Gasteiger charge is -2.56. The van der Waals surface area contributed by atoms with Crippen LogP contribution in [0.5, 0.6) is 11.5 Å². The third-order valence-electron chi connectivity index (χ3n) is 7.28. The molecule has 1 aromatic carbocycles. The lowest BCUT2D eigenvalue weighted by Crippen LogP contribution is -2.65. The maximum atomic E-state index is 12.0. The highest BCUT2D eigenvalue weighted by Crippen LogP contribution is 2.62. The summed E-state index contributed by atoms with van der Waals surface area (Å²) in [5, 5.41) is 0. The van der Waals surface area contributed by atoms with E-state index < -0.39 is 12.3 Å². The van der Waals surface area contributed by atoms with Crippen LogP contribution in [0.25, 0.3) is 0 Å². The normalized spacial score (nSPS) is 32.9. The summed E-state index contributed by atoms with van der Waals surface area (Å²) in [6.07, 6.45) is 6.60. The largest absolute Gasteiger partial charge is 0.510 e. The van der Waals surface area contributed by atoms with Crippen LogP contribution in [0.15, 0.2) is 24.3 Å². The lowest BCUT2D eigenvalue weighted by molar-refractivity contribution is -0.0614. The highest BCUT2D eigenvalue weighted by Gasteiger charge is 2.65. The van der Waals surface area contributed by atoms with Gasteiger partial charge in [0.1, 0.15) is 6.10 Å². The number of unbranched alkanes of at least 4 members (excludes halogenated alkanes) is 1. The smallest absolute Gasteiger partial charge is 0.490 e. The van der Waals surface area contributed by atoms with Crippen LogP contribution in [0.4, 0.5) is 4.79 Å². The van der Waals surface area contributed by atoms with Crippen molar-refractivity contribution in [2.24, 2.45) is 5.92 Å². The van der Waals surface area contributed by atoms with Crippen LogP contribution in [-0.2, 0) is 21.3 Å². The van der Waals surface area contributed by atoms with E-state index in [9.17, 15) is 4.79 Å². The number of alkyl halides is 1. The molecule has 0 N–H and O–H groups in total. The maximum Gasteiger partial charge on any atom is 0.510 e. The zero-order valence-corrected chi connectivity index (χ0v) is 18.2. The second-order valence-corrected chi connectivity index (χ2v) is 8.92. The maximum absolute atomic E-state index is 12.0. The molecular weight excluding hydrogens is 406 g/mol. The molecule has 1 spiro atoms. The van der Waals surface area contributed by atoms with Crippen molar-refractivity contribution in [3.05, 3.63) is 35.4 Å². The number of piperidine rings is 1. The number of hydrogen-bond donors (Lipinski definition) is 0. The van der Waals surface area contributed by atoms with E-state index in [4.69, 9.17) is 30.5 Å². The molecule has 1 saturated heterocycles. The van der Waals surface area contributed by atoms with Crippen molar-refractivity contribution in [2.45, 2.75) is 56.3 Å². The molecule has 5 atom stereocenters. The number of benzene rings is 1. The highest BCUT2D eigenvalue weighted by molar-refractivity contribution is 6.17. The van der Waals surface area contributed by atoms with Crippen molar-refractivity contribution in [2.75, 3.05) is 26.3 Å². The fraction of sp³-hybridized carbons (Fsp3) is 0.609. The fourth-order valence-electron chi connectivity index (χ4n) is 5.94. The number of ether oxygens (including phenoxy) is 4. The summed E-state index contributed by atoms with van der Waals surface area (Å²) in [5.41, 5.74) is 2.37. The Hall–Kier alpha value is -1.92. The predicted molar refractivity (Wildman–Crippen MR) is 112 cm³/mol. The van der Waals surface area contributed by atoms with Crippen LogP contribution in [0.2, 0.25) is 0 Å². The van der Waals surface area contributed by atoms with Gasteiger partial charge in [0.05, 0.1) is 6.61 Å². The Morgan fingerprint density at radius 2 is 2.23 bits per heavy atom. The fourth-order valence-corrected chi connectivity index (χ4v) is 6.03.